The van der Waals surface area contributed by atoms with E-state index in [1.54, 1.807) is 30.3 Å². The van der Waals surface area contributed by atoms with Crippen molar-refractivity contribution in [2.24, 2.45) is 4.99 Å². The number of hydrogen-bond donors (Lipinski definition) is 0. The summed E-state index contributed by atoms with van der Waals surface area (Å²) in [4.78, 5) is 29.9. The molecule has 4 rings (SSSR count). The lowest BCUT2D eigenvalue weighted by Gasteiger charge is -2.03. The Labute approximate surface area is 164 Å². The van der Waals surface area contributed by atoms with Crippen molar-refractivity contribution in [3.8, 4) is 0 Å². The van der Waals surface area contributed by atoms with Crippen LogP contribution in [0.1, 0.15) is 21.7 Å². The van der Waals surface area contributed by atoms with E-state index < -0.39 is 5.91 Å². The van der Waals surface area contributed by atoms with Gasteiger partial charge < -0.3 is 8.98 Å². The van der Waals surface area contributed by atoms with Crippen LogP contribution in [0.5, 0.6) is 0 Å². The first kappa shape index (κ1) is 18.1. The van der Waals surface area contributed by atoms with Crippen molar-refractivity contribution in [2.75, 3.05) is 0 Å². The van der Waals surface area contributed by atoms with Gasteiger partial charge in [0, 0.05) is 12.6 Å². The molecule has 2 heterocycles. The molecule has 0 N–H and O–H groups in total. The van der Waals surface area contributed by atoms with Gasteiger partial charge in [-0.05, 0) is 43.2 Å². The zero-order chi connectivity index (χ0) is 19.8. The summed E-state index contributed by atoms with van der Waals surface area (Å²) in [5.74, 6) is -0.652. The number of amides is 1. The molecule has 0 atom stereocenters. The monoisotopic (exact) mass is 390 g/mol. The Bertz CT molecular complexity index is 1370. The topological polar surface area (TPSA) is 64.6 Å². The van der Waals surface area contributed by atoms with Gasteiger partial charge in [0.15, 0.2) is 16.0 Å². The summed E-state index contributed by atoms with van der Waals surface area (Å²) < 4.78 is 8.64. The standard InChI is InChI=1S/C22H18N2O3S/c1-4-9-24-16-11-13(2)10-14(3)20(16)28-22(24)23-21(26)19-12-17(25)15-7-5-6-8-18(15)27-19/h4-8,10-12H,1,9H2,2-3H3. The molecule has 5 nitrogen and oxygen atoms in total. The third-order valence-corrected chi connectivity index (χ3v) is 5.70. The Morgan fingerprint density at radius 3 is 2.82 bits per heavy atom. The molecular formula is C22H18N2O3S. The van der Waals surface area contributed by atoms with Crippen LogP contribution in [0.3, 0.4) is 0 Å². The van der Waals surface area contributed by atoms with Gasteiger partial charge in [-0.3, -0.25) is 9.59 Å². The van der Waals surface area contributed by atoms with E-state index in [1.807, 2.05) is 18.4 Å². The summed E-state index contributed by atoms with van der Waals surface area (Å²) in [6.07, 6.45) is 1.77. The van der Waals surface area contributed by atoms with Gasteiger partial charge in [0.05, 0.1) is 15.6 Å². The van der Waals surface area contributed by atoms with E-state index in [0.717, 1.165) is 21.3 Å². The highest BCUT2D eigenvalue weighted by atomic mass is 32.1. The predicted molar refractivity (Wildman–Crippen MR) is 112 cm³/mol. The fourth-order valence-electron chi connectivity index (χ4n) is 3.25. The maximum Gasteiger partial charge on any atom is 0.315 e. The SMILES string of the molecule is C=CCn1c(=NC(=O)c2cc(=O)c3ccccc3o2)sc2c(C)cc(C)cc21. The molecule has 6 heteroatoms. The number of fused-ring (bicyclic) bond motifs is 2. The second-order valence-electron chi connectivity index (χ2n) is 6.60. The van der Waals surface area contributed by atoms with Gasteiger partial charge in [0.1, 0.15) is 5.58 Å². The summed E-state index contributed by atoms with van der Waals surface area (Å²) in [6, 6.07) is 12.2. The van der Waals surface area contributed by atoms with Gasteiger partial charge in [0.2, 0.25) is 0 Å². The van der Waals surface area contributed by atoms with Crippen molar-refractivity contribution in [1.29, 1.82) is 0 Å². The van der Waals surface area contributed by atoms with Crippen LogP contribution in [0, 0.1) is 13.8 Å². The van der Waals surface area contributed by atoms with Crippen LogP contribution in [0.4, 0.5) is 0 Å². The highest BCUT2D eigenvalue weighted by molar-refractivity contribution is 7.16. The number of carbonyl (C=O) groups is 1. The molecular weight excluding hydrogens is 372 g/mol. The Morgan fingerprint density at radius 1 is 1.25 bits per heavy atom. The van der Waals surface area contributed by atoms with Crippen LogP contribution < -0.4 is 10.2 Å². The lowest BCUT2D eigenvalue weighted by Crippen LogP contribution is -2.17. The van der Waals surface area contributed by atoms with Crippen LogP contribution in [0.15, 0.2) is 69.3 Å². The van der Waals surface area contributed by atoms with E-state index in [2.05, 4.69) is 23.7 Å². The fraction of sp³-hybridized carbons (Fsp3) is 0.136. The second-order valence-corrected chi connectivity index (χ2v) is 7.58. The van der Waals surface area contributed by atoms with E-state index in [0.29, 0.717) is 22.3 Å². The highest BCUT2D eigenvalue weighted by Crippen LogP contribution is 2.23. The quantitative estimate of drug-likeness (QED) is 0.489. The molecule has 0 fully saturated rings. The van der Waals surface area contributed by atoms with Crippen LogP contribution in [-0.2, 0) is 6.54 Å². The number of allylic oxidation sites excluding steroid dienone is 1. The average Bonchev–Trinajstić information content (AvgIpc) is 3.00. The summed E-state index contributed by atoms with van der Waals surface area (Å²) in [5.41, 5.74) is 3.38. The van der Waals surface area contributed by atoms with Crippen molar-refractivity contribution in [2.45, 2.75) is 20.4 Å². The number of thiazole rings is 1. The first-order valence-corrected chi connectivity index (χ1v) is 9.63. The molecule has 4 aromatic rings. The van der Waals surface area contributed by atoms with Crippen molar-refractivity contribution >= 4 is 38.4 Å². The Kier molecular flexibility index (Phi) is 4.57. The first-order chi connectivity index (χ1) is 13.5. The molecule has 28 heavy (non-hydrogen) atoms. The van der Waals surface area contributed by atoms with Gasteiger partial charge in [-0.2, -0.15) is 4.99 Å². The minimum atomic E-state index is -0.582. The lowest BCUT2D eigenvalue weighted by atomic mass is 10.1. The normalized spacial score (nSPS) is 12.0. The van der Waals surface area contributed by atoms with Gasteiger partial charge in [-0.1, -0.05) is 35.6 Å². The zero-order valence-electron chi connectivity index (χ0n) is 15.6. The lowest BCUT2D eigenvalue weighted by molar-refractivity contribution is 0.0972. The number of aromatic nitrogens is 1. The smallest absolute Gasteiger partial charge is 0.315 e. The molecule has 0 aliphatic rings. The predicted octanol–water partition coefficient (Wildman–Crippen LogP) is 4.35. The molecule has 0 saturated heterocycles. The van der Waals surface area contributed by atoms with E-state index in [-0.39, 0.29) is 11.2 Å². The van der Waals surface area contributed by atoms with Crippen LogP contribution in [-0.4, -0.2) is 10.5 Å². The third kappa shape index (κ3) is 3.12. The van der Waals surface area contributed by atoms with Crippen LogP contribution in [0.2, 0.25) is 0 Å². The van der Waals surface area contributed by atoms with Crippen molar-refractivity contribution in [3.63, 3.8) is 0 Å². The first-order valence-electron chi connectivity index (χ1n) is 8.81. The van der Waals surface area contributed by atoms with Gasteiger partial charge in [-0.15, -0.1) is 6.58 Å². The summed E-state index contributed by atoms with van der Waals surface area (Å²) in [5, 5.41) is 0.439. The minimum Gasteiger partial charge on any atom is -0.451 e. The number of carbonyl (C=O) groups excluding carboxylic acids is 1. The summed E-state index contributed by atoms with van der Waals surface area (Å²) in [6.45, 7) is 8.41. The molecule has 140 valence electrons. The summed E-state index contributed by atoms with van der Waals surface area (Å²) >= 11 is 1.44. The molecule has 0 aliphatic heterocycles. The fourth-order valence-corrected chi connectivity index (χ4v) is 4.34. The largest absolute Gasteiger partial charge is 0.451 e. The van der Waals surface area contributed by atoms with Crippen LogP contribution >= 0.6 is 11.3 Å². The molecule has 0 bridgehead atoms. The number of nitrogens with zero attached hydrogens (tertiary/aromatic N) is 2. The maximum atomic E-state index is 12.8. The molecule has 0 saturated carbocycles. The number of para-hydroxylation sites is 1. The zero-order valence-corrected chi connectivity index (χ0v) is 16.4. The molecule has 0 spiro atoms. The number of benzene rings is 2. The van der Waals surface area contributed by atoms with Crippen LogP contribution in [0.25, 0.3) is 21.2 Å². The highest BCUT2D eigenvalue weighted by Gasteiger charge is 2.14. The summed E-state index contributed by atoms with van der Waals surface area (Å²) in [7, 11) is 0. The van der Waals surface area contributed by atoms with Gasteiger partial charge >= 0.3 is 5.91 Å². The number of aryl methyl sites for hydroxylation is 2. The van der Waals surface area contributed by atoms with E-state index in [4.69, 9.17) is 4.42 Å². The van der Waals surface area contributed by atoms with Crippen molar-refractivity contribution in [3.05, 3.63) is 87.0 Å². The minimum absolute atomic E-state index is 0.0702. The molecule has 0 unspecified atom stereocenters. The second kappa shape index (κ2) is 7.05. The number of rotatable bonds is 3. The van der Waals surface area contributed by atoms with E-state index in [1.165, 1.54) is 17.4 Å². The average molecular weight is 390 g/mol. The maximum absolute atomic E-state index is 12.8. The van der Waals surface area contributed by atoms with Crippen molar-refractivity contribution in [1.82, 2.24) is 4.57 Å². The molecule has 2 aromatic heterocycles. The Morgan fingerprint density at radius 2 is 2.04 bits per heavy atom. The third-order valence-electron chi connectivity index (χ3n) is 4.47. The molecule has 0 aliphatic carbocycles. The Hall–Kier alpha value is -3.25. The van der Waals surface area contributed by atoms with Crippen molar-refractivity contribution < 1.29 is 9.21 Å². The van der Waals surface area contributed by atoms with Gasteiger partial charge in [-0.25, -0.2) is 0 Å². The van der Waals surface area contributed by atoms with E-state index >= 15 is 0 Å². The van der Waals surface area contributed by atoms with Gasteiger partial charge in [0.25, 0.3) is 0 Å². The Balaban J connectivity index is 1.91. The molecule has 0 radical (unpaired) electrons. The number of hydrogen-bond acceptors (Lipinski definition) is 4. The van der Waals surface area contributed by atoms with E-state index in [9.17, 15) is 9.59 Å². The molecule has 1 amide bonds. The molecule has 2 aromatic carbocycles.